The standard InChI is InChI=1S/C12H12BrClN2/c13-10-1-2-11-9(12(10)14)4-6-16(11)8-3-5-15-7-8/h1-2,4,6,8,15H,3,5,7H2. The van der Waals surface area contributed by atoms with Gasteiger partial charge in [-0.05, 0) is 47.1 Å². The second-order valence-electron chi connectivity index (χ2n) is 4.16. The van der Waals surface area contributed by atoms with Crippen molar-refractivity contribution in [2.45, 2.75) is 12.5 Å². The van der Waals surface area contributed by atoms with Crippen molar-refractivity contribution < 1.29 is 0 Å². The second kappa shape index (κ2) is 4.06. The van der Waals surface area contributed by atoms with Gasteiger partial charge >= 0.3 is 0 Å². The molecule has 0 aliphatic carbocycles. The Balaban J connectivity index is 2.16. The number of rotatable bonds is 1. The first-order valence-corrected chi connectivity index (χ1v) is 6.60. The van der Waals surface area contributed by atoms with Crippen LogP contribution in [0.15, 0.2) is 28.9 Å². The summed E-state index contributed by atoms with van der Waals surface area (Å²) in [5.41, 5.74) is 1.22. The van der Waals surface area contributed by atoms with E-state index in [-0.39, 0.29) is 0 Å². The quantitative estimate of drug-likeness (QED) is 0.851. The molecule has 0 radical (unpaired) electrons. The first-order valence-electron chi connectivity index (χ1n) is 5.42. The molecule has 2 nitrogen and oxygen atoms in total. The second-order valence-corrected chi connectivity index (χ2v) is 5.40. The fourth-order valence-electron chi connectivity index (χ4n) is 2.37. The van der Waals surface area contributed by atoms with Crippen LogP contribution >= 0.6 is 27.5 Å². The number of halogens is 2. The lowest BCUT2D eigenvalue weighted by atomic mass is 10.2. The topological polar surface area (TPSA) is 17.0 Å². The maximum Gasteiger partial charge on any atom is 0.0641 e. The molecule has 2 heterocycles. The molecule has 16 heavy (non-hydrogen) atoms. The minimum Gasteiger partial charge on any atom is -0.343 e. The highest BCUT2D eigenvalue weighted by Gasteiger charge is 2.18. The van der Waals surface area contributed by atoms with Crippen LogP contribution in [-0.2, 0) is 0 Å². The molecule has 0 amide bonds. The molecule has 4 heteroatoms. The summed E-state index contributed by atoms with van der Waals surface area (Å²) in [6.07, 6.45) is 3.33. The SMILES string of the molecule is Clc1c(Br)ccc2c1ccn2C1CCNC1. The number of nitrogens with one attached hydrogen (secondary N) is 1. The number of hydrogen-bond donors (Lipinski definition) is 1. The zero-order chi connectivity index (χ0) is 11.1. The maximum atomic E-state index is 6.27. The Morgan fingerprint density at radius 3 is 3.00 bits per heavy atom. The monoisotopic (exact) mass is 298 g/mol. The average Bonchev–Trinajstić information content (AvgIpc) is 2.91. The van der Waals surface area contributed by atoms with Gasteiger partial charge in [0.25, 0.3) is 0 Å². The molecule has 84 valence electrons. The van der Waals surface area contributed by atoms with Crippen molar-refractivity contribution >= 4 is 38.4 Å². The summed E-state index contributed by atoms with van der Waals surface area (Å²) in [6.45, 7) is 2.16. The normalized spacial score (nSPS) is 20.8. The fraction of sp³-hybridized carbons (Fsp3) is 0.333. The number of hydrogen-bond acceptors (Lipinski definition) is 1. The Morgan fingerprint density at radius 2 is 2.25 bits per heavy atom. The van der Waals surface area contributed by atoms with Gasteiger partial charge in [0.15, 0.2) is 0 Å². The van der Waals surface area contributed by atoms with Crippen LogP contribution in [0.3, 0.4) is 0 Å². The molecule has 1 aliphatic rings. The van der Waals surface area contributed by atoms with E-state index >= 15 is 0 Å². The Hall–Kier alpha value is -0.510. The molecule has 0 spiro atoms. The number of fused-ring (bicyclic) bond motifs is 1. The molecule has 1 unspecified atom stereocenters. The van der Waals surface area contributed by atoms with E-state index in [4.69, 9.17) is 11.6 Å². The smallest absolute Gasteiger partial charge is 0.0641 e. The Labute approximate surface area is 108 Å². The van der Waals surface area contributed by atoms with Crippen LogP contribution in [0, 0.1) is 0 Å². The van der Waals surface area contributed by atoms with Crippen molar-refractivity contribution in [2.75, 3.05) is 13.1 Å². The summed E-state index contributed by atoms with van der Waals surface area (Å²) in [5, 5.41) is 5.32. The summed E-state index contributed by atoms with van der Waals surface area (Å²) in [4.78, 5) is 0. The van der Waals surface area contributed by atoms with Gasteiger partial charge in [-0.15, -0.1) is 0 Å². The van der Waals surface area contributed by atoms with Gasteiger partial charge in [0.1, 0.15) is 0 Å². The zero-order valence-corrected chi connectivity index (χ0v) is 11.1. The van der Waals surface area contributed by atoms with Gasteiger partial charge < -0.3 is 9.88 Å². The lowest BCUT2D eigenvalue weighted by molar-refractivity contribution is 0.565. The van der Waals surface area contributed by atoms with Crippen LogP contribution in [-0.4, -0.2) is 17.7 Å². The number of nitrogens with zero attached hydrogens (tertiary/aromatic N) is 1. The zero-order valence-electron chi connectivity index (χ0n) is 8.71. The lowest BCUT2D eigenvalue weighted by Crippen LogP contribution is -2.12. The fourth-order valence-corrected chi connectivity index (χ4v) is 2.94. The molecular weight excluding hydrogens is 288 g/mol. The minimum absolute atomic E-state index is 0.565. The van der Waals surface area contributed by atoms with E-state index in [0.29, 0.717) is 6.04 Å². The van der Waals surface area contributed by atoms with Crippen LogP contribution in [0.2, 0.25) is 5.02 Å². The van der Waals surface area contributed by atoms with Gasteiger partial charge in [-0.2, -0.15) is 0 Å². The first kappa shape index (κ1) is 10.6. The van der Waals surface area contributed by atoms with Crippen molar-refractivity contribution in [2.24, 2.45) is 0 Å². The third-order valence-electron chi connectivity index (χ3n) is 3.22. The molecular formula is C12H12BrClN2. The summed E-state index contributed by atoms with van der Waals surface area (Å²) in [5.74, 6) is 0. The van der Waals surface area contributed by atoms with Gasteiger partial charge in [-0.1, -0.05) is 11.6 Å². The summed E-state index contributed by atoms with van der Waals surface area (Å²) in [6, 6.07) is 6.81. The van der Waals surface area contributed by atoms with Crippen molar-refractivity contribution in [3.8, 4) is 0 Å². The van der Waals surface area contributed by atoms with E-state index in [9.17, 15) is 0 Å². The van der Waals surface area contributed by atoms with E-state index in [1.54, 1.807) is 0 Å². The molecule has 0 bridgehead atoms. The largest absolute Gasteiger partial charge is 0.343 e. The van der Waals surface area contributed by atoms with Gasteiger partial charge in [-0.3, -0.25) is 0 Å². The third-order valence-corrected chi connectivity index (χ3v) is 4.51. The Kier molecular flexibility index (Phi) is 2.70. The maximum absolute atomic E-state index is 6.27. The van der Waals surface area contributed by atoms with Crippen molar-refractivity contribution in [3.63, 3.8) is 0 Å². The van der Waals surface area contributed by atoms with Gasteiger partial charge in [-0.25, -0.2) is 0 Å². The number of aromatic nitrogens is 1. The van der Waals surface area contributed by atoms with Gasteiger partial charge in [0, 0.05) is 34.2 Å². The van der Waals surface area contributed by atoms with E-state index in [0.717, 1.165) is 28.0 Å². The van der Waals surface area contributed by atoms with E-state index < -0.39 is 0 Å². The predicted octanol–water partition coefficient (Wildman–Crippen LogP) is 3.59. The Bertz CT molecular complexity index is 529. The first-order chi connectivity index (χ1) is 7.77. The molecule has 1 N–H and O–H groups in total. The summed E-state index contributed by atoms with van der Waals surface area (Å²) in [7, 11) is 0. The van der Waals surface area contributed by atoms with Crippen LogP contribution in [0.1, 0.15) is 12.5 Å². The van der Waals surface area contributed by atoms with Crippen molar-refractivity contribution in [3.05, 3.63) is 33.9 Å². The van der Waals surface area contributed by atoms with E-state index in [2.05, 4.69) is 44.1 Å². The van der Waals surface area contributed by atoms with Crippen molar-refractivity contribution in [1.82, 2.24) is 9.88 Å². The molecule has 1 atom stereocenters. The number of benzene rings is 1. The van der Waals surface area contributed by atoms with Crippen LogP contribution in [0.5, 0.6) is 0 Å². The van der Waals surface area contributed by atoms with Gasteiger partial charge in [0.2, 0.25) is 0 Å². The third kappa shape index (κ3) is 1.58. The molecule has 1 saturated heterocycles. The summed E-state index contributed by atoms with van der Waals surface area (Å²) < 4.78 is 3.29. The predicted molar refractivity (Wildman–Crippen MR) is 71.2 cm³/mol. The summed E-state index contributed by atoms with van der Waals surface area (Å²) >= 11 is 9.73. The molecule has 1 aliphatic heterocycles. The minimum atomic E-state index is 0.565. The van der Waals surface area contributed by atoms with Gasteiger partial charge in [0.05, 0.1) is 5.02 Å². The molecule has 1 aromatic heterocycles. The Morgan fingerprint density at radius 1 is 1.38 bits per heavy atom. The molecule has 1 aromatic carbocycles. The van der Waals surface area contributed by atoms with E-state index in [1.807, 2.05) is 6.07 Å². The molecule has 0 saturated carbocycles. The van der Waals surface area contributed by atoms with Crippen LogP contribution in [0.25, 0.3) is 10.9 Å². The van der Waals surface area contributed by atoms with Crippen LogP contribution < -0.4 is 5.32 Å². The van der Waals surface area contributed by atoms with Crippen molar-refractivity contribution in [1.29, 1.82) is 0 Å². The lowest BCUT2D eigenvalue weighted by Gasteiger charge is -2.12. The highest BCUT2D eigenvalue weighted by molar-refractivity contribution is 9.10. The van der Waals surface area contributed by atoms with Crippen LogP contribution in [0.4, 0.5) is 0 Å². The van der Waals surface area contributed by atoms with E-state index in [1.165, 1.54) is 11.9 Å². The molecule has 3 rings (SSSR count). The average molecular weight is 300 g/mol. The highest BCUT2D eigenvalue weighted by atomic mass is 79.9. The highest BCUT2D eigenvalue weighted by Crippen LogP contribution is 2.33. The molecule has 1 fully saturated rings. The molecule has 2 aromatic rings.